The maximum atomic E-state index is 12.2. The van der Waals surface area contributed by atoms with Crippen molar-refractivity contribution < 1.29 is 24.5 Å². The van der Waals surface area contributed by atoms with Gasteiger partial charge < -0.3 is 20.3 Å². The van der Waals surface area contributed by atoms with Crippen LogP contribution in [0.15, 0.2) is 54.1 Å². The summed E-state index contributed by atoms with van der Waals surface area (Å²) < 4.78 is 5.05. The SMILES string of the molecule is COc1cc([C@@H]2NC(=O)C(=O)C2=C(O)c2ccccc2)ccc1O. The zero-order chi connectivity index (χ0) is 17.3. The van der Waals surface area contributed by atoms with Crippen molar-refractivity contribution in [2.75, 3.05) is 7.11 Å². The molecule has 1 aliphatic heterocycles. The van der Waals surface area contributed by atoms with Crippen molar-refractivity contribution in [1.29, 1.82) is 0 Å². The predicted molar refractivity (Wildman–Crippen MR) is 86.5 cm³/mol. The fourth-order valence-electron chi connectivity index (χ4n) is 2.64. The average molecular weight is 325 g/mol. The molecule has 1 saturated heterocycles. The summed E-state index contributed by atoms with van der Waals surface area (Å²) in [7, 11) is 1.40. The first kappa shape index (κ1) is 15.6. The van der Waals surface area contributed by atoms with E-state index in [4.69, 9.17) is 4.74 Å². The largest absolute Gasteiger partial charge is 0.507 e. The number of ether oxygens (including phenoxy) is 1. The number of rotatable bonds is 3. The molecule has 2 aromatic carbocycles. The van der Waals surface area contributed by atoms with Crippen LogP contribution in [0.2, 0.25) is 0 Å². The van der Waals surface area contributed by atoms with Gasteiger partial charge in [-0.05, 0) is 17.7 Å². The third-order valence-electron chi connectivity index (χ3n) is 3.85. The highest BCUT2D eigenvalue weighted by atomic mass is 16.5. The number of Topliss-reactive ketones (excluding diaryl/α,β-unsaturated/α-hetero) is 1. The highest BCUT2D eigenvalue weighted by Gasteiger charge is 2.39. The lowest BCUT2D eigenvalue weighted by molar-refractivity contribution is -0.133. The van der Waals surface area contributed by atoms with Crippen LogP contribution in [0.25, 0.3) is 5.76 Å². The van der Waals surface area contributed by atoms with Crippen LogP contribution in [0.4, 0.5) is 0 Å². The van der Waals surface area contributed by atoms with E-state index in [2.05, 4.69) is 5.32 Å². The lowest BCUT2D eigenvalue weighted by Gasteiger charge is -2.15. The summed E-state index contributed by atoms with van der Waals surface area (Å²) in [5.74, 6) is -1.68. The molecule has 0 spiro atoms. The van der Waals surface area contributed by atoms with Gasteiger partial charge >= 0.3 is 0 Å². The van der Waals surface area contributed by atoms with Crippen molar-refractivity contribution in [3.8, 4) is 11.5 Å². The number of nitrogens with one attached hydrogen (secondary N) is 1. The van der Waals surface area contributed by atoms with Gasteiger partial charge in [-0.1, -0.05) is 36.4 Å². The Kier molecular flexibility index (Phi) is 3.95. The van der Waals surface area contributed by atoms with E-state index in [1.165, 1.54) is 19.2 Å². The second-order valence-electron chi connectivity index (χ2n) is 5.30. The van der Waals surface area contributed by atoms with Crippen LogP contribution < -0.4 is 10.1 Å². The van der Waals surface area contributed by atoms with E-state index >= 15 is 0 Å². The Labute approximate surface area is 138 Å². The number of phenolic OH excluding ortho intramolecular Hbond substituents is 1. The van der Waals surface area contributed by atoms with Crippen LogP contribution in [0.1, 0.15) is 17.2 Å². The third-order valence-corrected chi connectivity index (χ3v) is 3.85. The van der Waals surface area contributed by atoms with Crippen molar-refractivity contribution in [2.45, 2.75) is 6.04 Å². The number of hydrogen-bond acceptors (Lipinski definition) is 5. The van der Waals surface area contributed by atoms with Crippen molar-refractivity contribution in [2.24, 2.45) is 0 Å². The molecule has 1 aliphatic rings. The number of carbonyl (C=O) groups excluding carboxylic acids is 2. The minimum Gasteiger partial charge on any atom is -0.507 e. The molecule has 1 fully saturated rings. The van der Waals surface area contributed by atoms with Crippen LogP contribution in [0, 0.1) is 0 Å². The molecule has 0 unspecified atom stereocenters. The fraction of sp³-hybridized carbons (Fsp3) is 0.111. The third kappa shape index (κ3) is 2.58. The van der Waals surface area contributed by atoms with Gasteiger partial charge in [-0.15, -0.1) is 0 Å². The summed E-state index contributed by atoms with van der Waals surface area (Å²) in [6.07, 6.45) is 0. The quantitative estimate of drug-likeness (QED) is 0.456. The number of carbonyl (C=O) groups is 2. The van der Waals surface area contributed by atoms with Crippen molar-refractivity contribution in [1.82, 2.24) is 5.32 Å². The minimum absolute atomic E-state index is 0.0288. The number of aliphatic hydroxyl groups is 1. The van der Waals surface area contributed by atoms with Crippen LogP contribution in [-0.2, 0) is 9.59 Å². The summed E-state index contributed by atoms with van der Waals surface area (Å²) in [5, 5.41) is 22.7. The average Bonchev–Trinajstić information content (AvgIpc) is 2.90. The lowest BCUT2D eigenvalue weighted by Crippen LogP contribution is -2.21. The van der Waals surface area contributed by atoms with Gasteiger partial charge in [-0.2, -0.15) is 0 Å². The Morgan fingerprint density at radius 2 is 1.83 bits per heavy atom. The van der Waals surface area contributed by atoms with Gasteiger partial charge in [-0.25, -0.2) is 0 Å². The first-order valence-electron chi connectivity index (χ1n) is 7.23. The van der Waals surface area contributed by atoms with Crippen molar-refractivity contribution >= 4 is 17.4 Å². The molecule has 0 aliphatic carbocycles. The van der Waals surface area contributed by atoms with E-state index in [-0.39, 0.29) is 22.8 Å². The second-order valence-corrected chi connectivity index (χ2v) is 5.30. The summed E-state index contributed by atoms with van der Waals surface area (Å²) in [4.78, 5) is 24.1. The number of aromatic hydroxyl groups is 1. The first-order valence-corrected chi connectivity index (χ1v) is 7.23. The summed E-state index contributed by atoms with van der Waals surface area (Å²) >= 11 is 0. The molecule has 3 rings (SSSR count). The van der Waals surface area contributed by atoms with E-state index in [1.54, 1.807) is 36.4 Å². The van der Waals surface area contributed by atoms with E-state index < -0.39 is 17.7 Å². The Morgan fingerprint density at radius 1 is 1.12 bits per heavy atom. The molecule has 122 valence electrons. The number of benzene rings is 2. The normalized spacial score (nSPS) is 19.1. The van der Waals surface area contributed by atoms with Crippen molar-refractivity contribution in [3.63, 3.8) is 0 Å². The Hall–Kier alpha value is -3.28. The molecular weight excluding hydrogens is 310 g/mol. The van der Waals surface area contributed by atoms with Gasteiger partial charge in [0.1, 0.15) is 5.76 Å². The Balaban J connectivity index is 2.13. The molecule has 0 aromatic heterocycles. The van der Waals surface area contributed by atoms with Gasteiger partial charge in [0, 0.05) is 5.56 Å². The number of hydrogen-bond donors (Lipinski definition) is 3. The van der Waals surface area contributed by atoms with Crippen molar-refractivity contribution in [3.05, 3.63) is 65.2 Å². The molecule has 6 heteroatoms. The van der Waals surface area contributed by atoms with E-state index in [1.807, 2.05) is 0 Å². The maximum absolute atomic E-state index is 12.2. The molecule has 6 nitrogen and oxygen atoms in total. The van der Waals surface area contributed by atoms with Gasteiger partial charge in [0.15, 0.2) is 11.5 Å². The topological polar surface area (TPSA) is 95.9 Å². The number of phenols is 1. The van der Waals surface area contributed by atoms with Crippen LogP contribution in [-0.4, -0.2) is 29.0 Å². The molecule has 0 radical (unpaired) electrons. The molecule has 0 saturated carbocycles. The smallest absolute Gasteiger partial charge is 0.293 e. The van der Waals surface area contributed by atoms with Gasteiger partial charge in [0.2, 0.25) is 0 Å². The summed E-state index contributed by atoms with van der Waals surface area (Å²) in [6, 6.07) is 12.2. The standard InChI is InChI=1S/C18H15NO5/c1-24-13-9-11(7-8-12(13)20)15-14(17(22)18(23)19-15)16(21)10-5-3-2-4-6-10/h2-9,15,20-21H,1H3,(H,19,23)/t15-/m0/s1. The zero-order valence-electron chi connectivity index (χ0n) is 12.8. The second kappa shape index (κ2) is 6.08. The molecular formula is C18H15NO5. The first-order chi connectivity index (χ1) is 11.5. The van der Waals surface area contributed by atoms with Crippen LogP contribution >= 0.6 is 0 Å². The van der Waals surface area contributed by atoms with E-state index in [9.17, 15) is 19.8 Å². The van der Waals surface area contributed by atoms with E-state index in [0.717, 1.165) is 0 Å². The van der Waals surface area contributed by atoms with E-state index in [0.29, 0.717) is 11.1 Å². The highest BCUT2D eigenvalue weighted by molar-refractivity contribution is 6.46. The maximum Gasteiger partial charge on any atom is 0.293 e. The van der Waals surface area contributed by atoms with Gasteiger partial charge in [0.05, 0.1) is 18.7 Å². The van der Waals surface area contributed by atoms with Crippen LogP contribution in [0.3, 0.4) is 0 Å². The predicted octanol–water partition coefficient (Wildman–Crippen LogP) is 2.11. The molecule has 24 heavy (non-hydrogen) atoms. The summed E-state index contributed by atoms with van der Waals surface area (Å²) in [5.41, 5.74) is 0.924. The number of methoxy groups -OCH3 is 1. The van der Waals surface area contributed by atoms with Gasteiger partial charge in [-0.3, -0.25) is 9.59 Å². The molecule has 0 bridgehead atoms. The van der Waals surface area contributed by atoms with Gasteiger partial charge in [0.25, 0.3) is 11.7 Å². The monoisotopic (exact) mass is 325 g/mol. The Morgan fingerprint density at radius 3 is 2.50 bits per heavy atom. The lowest BCUT2D eigenvalue weighted by atomic mass is 9.95. The fourth-order valence-corrected chi connectivity index (χ4v) is 2.64. The number of ketones is 1. The number of aliphatic hydroxyl groups excluding tert-OH is 1. The number of amides is 1. The minimum atomic E-state index is -0.820. The highest BCUT2D eigenvalue weighted by Crippen LogP contribution is 2.36. The Bertz CT molecular complexity index is 842. The zero-order valence-corrected chi connectivity index (χ0v) is 12.8. The molecule has 1 amide bonds. The summed E-state index contributed by atoms with van der Waals surface area (Å²) in [6.45, 7) is 0. The molecule has 3 N–H and O–H groups in total. The van der Waals surface area contributed by atoms with Crippen LogP contribution in [0.5, 0.6) is 11.5 Å². The molecule has 1 heterocycles. The molecule has 1 atom stereocenters. The molecule has 2 aromatic rings.